The van der Waals surface area contributed by atoms with Crippen molar-refractivity contribution in [2.45, 2.75) is 63.0 Å². The number of benzene rings is 2. The van der Waals surface area contributed by atoms with E-state index in [1.165, 1.54) is 11.0 Å². The summed E-state index contributed by atoms with van der Waals surface area (Å²) in [4.78, 5) is 31.5. The molecule has 2 aromatic carbocycles. The monoisotopic (exact) mass is 671 g/mol. The lowest BCUT2D eigenvalue weighted by atomic mass is 9.82. The minimum Gasteiger partial charge on any atom is -0.394 e. The predicted octanol–water partition coefficient (Wildman–Crippen LogP) is 6.24. The van der Waals surface area contributed by atoms with Gasteiger partial charge in [-0.3, -0.25) is 9.59 Å². The summed E-state index contributed by atoms with van der Waals surface area (Å²) in [6.07, 6.45) is 2.67. The average Bonchev–Trinajstić information content (AvgIpc) is 3.49. The summed E-state index contributed by atoms with van der Waals surface area (Å²) in [6, 6.07) is 9.08. The first kappa shape index (κ1) is 33.2. The summed E-state index contributed by atoms with van der Waals surface area (Å²) in [5, 5.41) is 21.0. The van der Waals surface area contributed by atoms with Gasteiger partial charge in [-0.15, -0.1) is 0 Å². The van der Waals surface area contributed by atoms with Crippen LogP contribution in [0.25, 0.3) is 0 Å². The van der Waals surface area contributed by atoms with E-state index in [-0.39, 0.29) is 34.2 Å². The average molecular weight is 673 g/mol. The van der Waals surface area contributed by atoms with Crippen molar-refractivity contribution < 1.29 is 28.6 Å². The van der Waals surface area contributed by atoms with Crippen LogP contribution in [0.2, 0.25) is 15.1 Å². The lowest BCUT2D eigenvalue weighted by molar-refractivity contribution is -0.173. The van der Waals surface area contributed by atoms with Crippen molar-refractivity contribution in [1.29, 1.82) is 0 Å². The summed E-state index contributed by atoms with van der Waals surface area (Å²) < 4.78 is 28.3. The molecule has 2 N–H and O–H groups in total. The number of rotatable bonds is 8. The number of hydrogen-bond acceptors (Lipinski definition) is 5. The van der Waals surface area contributed by atoms with Gasteiger partial charge in [-0.2, -0.15) is 0 Å². The van der Waals surface area contributed by atoms with Crippen molar-refractivity contribution >= 4 is 52.3 Å². The highest BCUT2D eigenvalue weighted by Gasteiger charge is 2.50. The van der Waals surface area contributed by atoms with Gasteiger partial charge in [0.25, 0.3) is 18.2 Å². The van der Waals surface area contributed by atoms with Crippen LogP contribution < -0.4 is 4.90 Å². The normalized spacial score (nSPS) is 21.6. The predicted molar refractivity (Wildman–Crippen MR) is 168 cm³/mol. The molecule has 3 aliphatic heterocycles. The Kier molecular flexibility index (Phi) is 10.6. The SMILES string of the molecule is O=C(c1ccc(N2CCC(CC3CCN(C(=O)[C@](O)(c4cc(Cl)cc(Cl)c4)C(F)F)CC3)CC2)cc1Cl)N1CCC[C@H]1CO. The molecule has 3 saturated heterocycles. The van der Waals surface area contributed by atoms with E-state index in [1.54, 1.807) is 11.0 Å². The number of halogens is 5. The number of nitrogens with zero attached hydrogens (tertiary/aromatic N) is 3. The van der Waals surface area contributed by atoms with E-state index in [0.717, 1.165) is 63.0 Å². The fraction of sp³-hybridized carbons (Fsp3) is 0.562. The first-order valence-corrected chi connectivity index (χ1v) is 16.4. The van der Waals surface area contributed by atoms with E-state index in [1.807, 2.05) is 12.1 Å². The Morgan fingerprint density at radius 3 is 2.07 bits per heavy atom. The molecule has 240 valence electrons. The number of alkyl halides is 2. The van der Waals surface area contributed by atoms with Gasteiger partial charge in [0.1, 0.15) is 0 Å². The molecule has 0 saturated carbocycles. The molecule has 44 heavy (non-hydrogen) atoms. The molecule has 0 aliphatic carbocycles. The largest absolute Gasteiger partial charge is 0.394 e. The van der Waals surface area contributed by atoms with E-state index in [9.17, 15) is 28.6 Å². The molecule has 3 fully saturated rings. The molecule has 2 atom stereocenters. The summed E-state index contributed by atoms with van der Waals surface area (Å²) in [6.45, 7) is 2.88. The third-order valence-corrected chi connectivity index (χ3v) is 10.3. The van der Waals surface area contributed by atoms with Crippen molar-refractivity contribution in [2.75, 3.05) is 44.2 Å². The van der Waals surface area contributed by atoms with Crippen molar-refractivity contribution in [2.24, 2.45) is 11.8 Å². The van der Waals surface area contributed by atoms with Crippen LogP contribution in [0.15, 0.2) is 36.4 Å². The molecule has 7 nitrogen and oxygen atoms in total. The van der Waals surface area contributed by atoms with Crippen molar-refractivity contribution in [1.82, 2.24) is 9.80 Å². The van der Waals surface area contributed by atoms with Crippen molar-refractivity contribution in [3.63, 3.8) is 0 Å². The molecule has 0 unspecified atom stereocenters. The quantitative estimate of drug-likeness (QED) is 0.347. The first-order valence-electron chi connectivity index (χ1n) is 15.2. The number of carbonyl (C=O) groups excluding carboxylic acids is 2. The minimum atomic E-state index is -3.34. The topological polar surface area (TPSA) is 84.3 Å². The second kappa shape index (κ2) is 14.1. The molecule has 12 heteroatoms. The van der Waals surface area contributed by atoms with Gasteiger partial charge in [-0.05, 0) is 93.2 Å². The van der Waals surface area contributed by atoms with Gasteiger partial charge in [0, 0.05) is 54.0 Å². The Hall–Kier alpha value is -2.17. The second-order valence-electron chi connectivity index (χ2n) is 12.3. The lowest BCUT2D eigenvalue weighted by Gasteiger charge is -2.39. The van der Waals surface area contributed by atoms with Crippen LogP contribution in [0.1, 0.15) is 60.9 Å². The van der Waals surface area contributed by atoms with Crippen LogP contribution in [0.3, 0.4) is 0 Å². The maximum absolute atomic E-state index is 14.1. The minimum absolute atomic E-state index is 0.0462. The molecule has 0 bridgehead atoms. The number of aliphatic hydroxyl groups excluding tert-OH is 1. The Morgan fingerprint density at radius 1 is 0.886 bits per heavy atom. The maximum atomic E-state index is 14.1. The summed E-state index contributed by atoms with van der Waals surface area (Å²) in [5.74, 6) is -0.300. The van der Waals surface area contributed by atoms with Gasteiger partial charge in [-0.1, -0.05) is 34.8 Å². The highest BCUT2D eigenvalue weighted by molar-refractivity contribution is 6.35. The Bertz CT molecular complexity index is 1330. The van der Waals surface area contributed by atoms with Crippen LogP contribution in [-0.2, 0) is 10.4 Å². The zero-order chi connectivity index (χ0) is 31.6. The van der Waals surface area contributed by atoms with Crippen LogP contribution >= 0.6 is 34.8 Å². The molecule has 0 spiro atoms. The molecule has 2 aromatic rings. The van der Waals surface area contributed by atoms with Crippen LogP contribution in [0.5, 0.6) is 0 Å². The van der Waals surface area contributed by atoms with E-state index in [2.05, 4.69) is 4.90 Å². The molecular weight excluding hydrogens is 635 g/mol. The summed E-state index contributed by atoms with van der Waals surface area (Å²) in [7, 11) is 0. The molecule has 5 rings (SSSR count). The maximum Gasteiger partial charge on any atom is 0.280 e. The van der Waals surface area contributed by atoms with Gasteiger partial charge in [0.15, 0.2) is 0 Å². The van der Waals surface area contributed by atoms with Gasteiger partial charge >= 0.3 is 0 Å². The lowest BCUT2D eigenvalue weighted by Crippen LogP contribution is -2.53. The highest BCUT2D eigenvalue weighted by Crippen LogP contribution is 2.37. The molecule has 0 radical (unpaired) electrons. The van der Waals surface area contributed by atoms with E-state index in [4.69, 9.17) is 34.8 Å². The van der Waals surface area contributed by atoms with Crippen LogP contribution in [0.4, 0.5) is 14.5 Å². The zero-order valence-electron chi connectivity index (χ0n) is 24.4. The second-order valence-corrected chi connectivity index (χ2v) is 13.5. The molecule has 2 amide bonds. The van der Waals surface area contributed by atoms with Gasteiger partial charge in [-0.25, -0.2) is 8.78 Å². The molecular formula is C32H38Cl3F2N3O4. The Morgan fingerprint density at radius 2 is 1.50 bits per heavy atom. The third-order valence-electron chi connectivity index (χ3n) is 9.52. The Balaban J connectivity index is 1.12. The summed E-state index contributed by atoms with van der Waals surface area (Å²) in [5.41, 5.74) is -1.89. The smallest absolute Gasteiger partial charge is 0.280 e. The van der Waals surface area contributed by atoms with E-state index in [0.29, 0.717) is 54.9 Å². The standard InChI is InChI=1S/C32H38Cl3F2N3O4/c33-23-15-22(16-24(34)17-23)32(44,30(36)37)31(43)39-12-7-21(8-13-39)14-20-5-10-38(11-6-20)25-3-4-27(28(35)18-25)29(42)40-9-1-2-26(40)19-41/h3-4,15-18,20-21,26,30,41,44H,1-2,5-14,19H2/t26-,32-/m0/s1. The molecule has 3 heterocycles. The molecule has 3 aliphatic rings. The molecule has 0 aromatic heterocycles. The fourth-order valence-electron chi connectivity index (χ4n) is 6.95. The van der Waals surface area contributed by atoms with E-state index < -0.39 is 17.9 Å². The highest BCUT2D eigenvalue weighted by atomic mass is 35.5. The Labute approximate surface area is 271 Å². The van der Waals surface area contributed by atoms with E-state index >= 15 is 0 Å². The number of hydrogen-bond donors (Lipinski definition) is 2. The van der Waals surface area contributed by atoms with Gasteiger partial charge < -0.3 is 24.9 Å². The van der Waals surface area contributed by atoms with Crippen molar-refractivity contribution in [3.05, 3.63) is 62.6 Å². The zero-order valence-corrected chi connectivity index (χ0v) is 26.7. The number of likely N-dealkylation sites (tertiary alicyclic amines) is 2. The summed E-state index contributed by atoms with van der Waals surface area (Å²) >= 11 is 18.5. The number of piperidine rings is 2. The van der Waals surface area contributed by atoms with Crippen LogP contribution in [-0.4, -0.2) is 83.6 Å². The van der Waals surface area contributed by atoms with Gasteiger partial charge in [0.2, 0.25) is 5.60 Å². The van der Waals surface area contributed by atoms with Gasteiger partial charge in [0.05, 0.1) is 23.2 Å². The third kappa shape index (κ3) is 6.97. The first-order chi connectivity index (χ1) is 21.0. The number of carbonyl (C=O) groups is 2. The number of amides is 2. The number of anilines is 1. The number of aliphatic hydroxyl groups is 2. The fourth-order valence-corrected chi connectivity index (χ4v) is 7.73. The van der Waals surface area contributed by atoms with Crippen molar-refractivity contribution in [3.8, 4) is 0 Å². The van der Waals surface area contributed by atoms with Crippen LogP contribution in [0, 0.1) is 11.8 Å².